The van der Waals surface area contributed by atoms with Crippen molar-refractivity contribution in [3.63, 3.8) is 0 Å². The van der Waals surface area contributed by atoms with Gasteiger partial charge in [-0.2, -0.15) is 10.4 Å². The van der Waals surface area contributed by atoms with Gasteiger partial charge >= 0.3 is 0 Å². The Hall–Kier alpha value is -3.52. The summed E-state index contributed by atoms with van der Waals surface area (Å²) in [5.74, 6) is 0. The highest BCUT2D eigenvalue weighted by atomic mass is 15.1. The van der Waals surface area contributed by atoms with Crippen LogP contribution in [0.1, 0.15) is 28.1 Å². The second-order valence-corrected chi connectivity index (χ2v) is 7.94. The topological polar surface area (TPSA) is 58.9 Å². The molecule has 0 aliphatic heterocycles. The van der Waals surface area contributed by atoms with Crippen LogP contribution in [0.15, 0.2) is 54.6 Å². The van der Waals surface area contributed by atoms with Crippen LogP contribution in [-0.4, -0.2) is 38.4 Å². The lowest BCUT2D eigenvalue weighted by Crippen LogP contribution is -2.30. The maximum atomic E-state index is 9.34. The van der Waals surface area contributed by atoms with Gasteiger partial charge in [0.2, 0.25) is 0 Å². The lowest BCUT2D eigenvalue weighted by Gasteiger charge is -2.35. The molecule has 29 heavy (non-hydrogen) atoms. The van der Waals surface area contributed by atoms with Crippen molar-refractivity contribution >= 4 is 17.5 Å². The molecule has 5 heteroatoms. The third-order valence-electron chi connectivity index (χ3n) is 5.78. The lowest BCUT2D eigenvalue weighted by molar-refractivity contribution is 0.620. The van der Waals surface area contributed by atoms with Crippen LogP contribution in [0.3, 0.4) is 0 Å². The van der Waals surface area contributed by atoms with E-state index < -0.39 is 0 Å². The summed E-state index contributed by atoms with van der Waals surface area (Å²) in [6, 6.07) is 19.6. The average molecular weight is 383 g/mol. The summed E-state index contributed by atoms with van der Waals surface area (Å²) in [5, 5.41) is 16.6. The van der Waals surface area contributed by atoms with Crippen molar-refractivity contribution in [1.29, 1.82) is 5.26 Å². The van der Waals surface area contributed by atoms with Crippen molar-refractivity contribution in [2.45, 2.75) is 11.8 Å². The molecule has 1 aliphatic rings. The highest BCUT2D eigenvalue weighted by Gasteiger charge is 2.36. The number of nitrogens with zero attached hydrogens (tertiary/aromatic N) is 4. The summed E-state index contributed by atoms with van der Waals surface area (Å²) in [4.78, 5) is 4.20. The van der Waals surface area contributed by atoms with Crippen molar-refractivity contribution in [2.24, 2.45) is 0 Å². The number of aromatic amines is 1. The van der Waals surface area contributed by atoms with Crippen LogP contribution < -0.4 is 9.80 Å². The molecule has 3 aromatic rings. The third kappa shape index (κ3) is 3.17. The molecule has 1 N–H and O–H groups in total. The number of hydrogen-bond acceptors (Lipinski definition) is 4. The van der Waals surface area contributed by atoms with Gasteiger partial charge in [-0.15, -0.1) is 0 Å². The highest BCUT2D eigenvalue weighted by molar-refractivity contribution is 5.67. The van der Waals surface area contributed by atoms with E-state index in [2.05, 4.69) is 80.7 Å². The Morgan fingerprint density at radius 3 is 1.86 bits per heavy atom. The summed E-state index contributed by atoms with van der Waals surface area (Å²) in [6.07, 6.45) is 5.00. The first-order valence-corrected chi connectivity index (χ1v) is 9.67. The normalized spacial score (nSPS) is 14.2. The van der Waals surface area contributed by atoms with Gasteiger partial charge in [-0.3, -0.25) is 5.10 Å². The minimum atomic E-state index is -0.318. The number of benzene rings is 2. The molecular weight excluding hydrogens is 358 g/mol. The maximum Gasteiger partial charge on any atom is 0.169 e. The molecule has 1 aliphatic carbocycles. The van der Waals surface area contributed by atoms with Gasteiger partial charge in [-0.1, -0.05) is 36.4 Å². The van der Waals surface area contributed by atoms with Crippen molar-refractivity contribution in [3.05, 3.63) is 82.7 Å². The van der Waals surface area contributed by atoms with Gasteiger partial charge in [0.05, 0.1) is 0 Å². The first-order valence-electron chi connectivity index (χ1n) is 9.67. The molecule has 0 radical (unpaired) electrons. The zero-order chi connectivity index (χ0) is 20.6. The number of nitrogens with one attached hydrogen (secondary N) is 1. The predicted molar refractivity (Wildman–Crippen MR) is 118 cm³/mol. The quantitative estimate of drug-likeness (QED) is 0.741. The smallest absolute Gasteiger partial charge is 0.169 e. The number of allylic oxidation sites excluding steroid dienone is 1. The average Bonchev–Trinajstić information content (AvgIpc) is 3.15. The molecule has 0 amide bonds. The van der Waals surface area contributed by atoms with Crippen LogP contribution in [0.5, 0.6) is 0 Å². The molecule has 146 valence electrons. The third-order valence-corrected chi connectivity index (χ3v) is 5.78. The SMILES string of the molecule is CN(C)c1ccc(C2(c3ccc(N(C)C)cc3)C=Cc3c(C#N)n[nH]c3C2)cc1. The molecule has 0 atom stereocenters. The van der Waals surface area contributed by atoms with Gasteiger partial charge in [0, 0.05) is 62.7 Å². The molecule has 2 aromatic carbocycles. The Morgan fingerprint density at radius 2 is 1.41 bits per heavy atom. The van der Waals surface area contributed by atoms with E-state index in [0.717, 1.165) is 17.7 Å². The number of anilines is 2. The summed E-state index contributed by atoms with van der Waals surface area (Å²) in [7, 11) is 8.19. The van der Waals surface area contributed by atoms with E-state index in [-0.39, 0.29) is 5.41 Å². The van der Waals surface area contributed by atoms with E-state index in [1.807, 2.05) is 34.3 Å². The van der Waals surface area contributed by atoms with E-state index in [0.29, 0.717) is 5.69 Å². The van der Waals surface area contributed by atoms with Crippen molar-refractivity contribution < 1.29 is 0 Å². The van der Waals surface area contributed by atoms with Gasteiger partial charge in [0.25, 0.3) is 0 Å². The Bertz CT molecular complexity index is 1030. The number of H-pyrrole nitrogens is 1. The van der Waals surface area contributed by atoms with E-state index >= 15 is 0 Å². The molecule has 0 saturated heterocycles. The summed E-state index contributed by atoms with van der Waals surface area (Å²) < 4.78 is 0. The Morgan fingerprint density at radius 1 is 0.897 bits per heavy atom. The fourth-order valence-corrected chi connectivity index (χ4v) is 4.03. The first-order chi connectivity index (χ1) is 13.9. The van der Waals surface area contributed by atoms with E-state index in [4.69, 9.17) is 0 Å². The van der Waals surface area contributed by atoms with E-state index in [9.17, 15) is 5.26 Å². The van der Waals surface area contributed by atoms with Gasteiger partial charge in [-0.25, -0.2) is 0 Å². The molecular formula is C24H25N5. The molecule has 0 saturated carbocycles. The Kier molecular flexibility index (Phi) is 4.63. The van der Waals surface area contributed by atoms with Gasteiger partial charge in [0.15, 0.2) is 5.69 Å². The van der Waals surface area contributed by atoms with Gasteiger partial charge in [-0.05, 0) is 35.4 Å². The molecule has 5 nitrogen and oxygen atoms in total. The van der Waals surface area contributed by atoms with Crippen LogP contribution in [0, 0.1) is 11.3 Å². The van der Waals surface area contributed by atoms with Gasteiger partial charge in [0.1, 0.15) is 6.07 Å². The fraction of sp³-hybridized carbons (Fsp3) is 0.250. The van der Waals surface area contributed by atoms with Crippen molar-refractivity contribution in [3.8, 4) is 6.07 Å². The number of hydrogen-bond donors (Lipinski definition) is 1. The number of rotatable bonds is 4. The number of aromatic nitrogens is 2. The second-order valence-electron chi connectivity index (χ2n) is 7.94. The monoisotopic (exact) mass is 383 g/mol. The molecule has 1 heterocycles. The molecule has 0 unspecified atom stereocenters. The Balaban J connectivity index is 1.85. The molecule has 4 rings (SSSR count). The largest absolute Gasteiger partial charge is 0.378 e. The Labute approximate surface area is 171 Å². The standard InChI is InChI=1S/C24H25N5/c1-28(2)19-9-5-17(6-10-19)24(18-7-11-20(12-8-18)29(3)4)14-13-21-22(15-24)26-27-23(21)16-25/h5-14H,15H2,1-4H3,(H,26,27). The number of fused-ring (bicyclic) bond motifs is 1. The molecule has 0 bridgehead atoms. The van der Waals surface area contributed by atoms with Gasteiger partial charge < -0.3 is 9.80 Å². The van der Waals surface area contributed by atoms with Crippen LogP contribution in [0.4, 0.5) is 11.4 Å². The van der Waals surface area contributed by atoms with Crippen LogP contribution in [0.25, 0.3) is 6.08 Å². The fourth-order valence-electron chi connectivity index (χ4n) is 4.03. The number of nitriles is 1. The maximum absolute atomic E-state index is 9.34. The summed E-state index contributed by atoms with van der Waals surface area (Å²) in [5.41, 5.74) is 6.81. The van der Waals surface area contributed by atoms with E-state index in [1.54, 1.807) is 0 Å². The van der Waals surface area contributed by atoms with Crippen LogP contribution in [0.2, 0.25) is 0 Å². The van der Waals surface area contributed by atoms with Crippen LogP contribution >= 0.6 is 0 Å². The summed E-state index contributed by atoms with van der Waals surface area (Å²) in [6.45, 7) is 0. The van der Waals surface area contributed by atoms with Crippen LogP contribution in [-0.2, 0) is 11.8 Å². The molecule has 0 fully saturated rings. The highest BCUT2D eigenvalue weighted by Crippen LogP contribution is 2.42. The summed E-state index contributed by atoms with van der Waals surface area (Å²) >= 11 is 0. The first kappa shape index (κ1) is 18.8. The molecule has 0 spiro atoms. The molecule has 1 aromatic heterocycles. The minimum Gasteiger partial charge on any atom is -0.378 e. The van der Waals surface area contributed by atoms with Crippen molar-refractivity contribution in [2.75, 3.05) is 38.0 Å². The predicted octanol–water partition coefficient (Wildman–Crippen LogP) is 3.97. The van der Waals surface area contributed by atoms with Crippen molar-refractivity contribution in [1.82, 2.24) is 10.2 Å². The zero-order valence-electron chi connectivity index (χ0n) is 17.3. The lowest BCUT2D eigenvalue weighted by atomic mass is 9.68. The van der Waals surface area contributed by atoms with E-state index in [1.165, 1.54) is 22.5 Å². The zero-order valence-corrected chi connectivity index (χ0v) is 17.3. The minimum absolute atomic E-state index is 0.318. The second kappa shape index (κ2) is 7.14.